The van der Waals surface area contributed by atoms with Crippen molar-refractivity contribution in [2.75, 3.05) is 25.2 Å². The second-order valence-electron chi connectivity index (χ2n) is 4.35. The SMILES string of the molecule is CCCSCC(NCC)(C(=O)OC)c1ccccc1. The molecule has 0 saturated carbocycles. The quantitative estimate of drug-likeness (QED) is 0.587. The lowest BCUT2D eigenvalue weighted by atomic mass is 9.91. The molecule has 0 saturated heterocycles. The summed E-state index contributed by atoms with van der Waals surface area (Å²) in [5.74, 6) is 1.51. The van der Waals surface area contributed by atoms with Gasteiger partial charge in [-0.05, 0) is 24.3 Å². The molecule has 3 nitrogen and oxygen atoms in total. The third-order valence-electron chi connectivity index (χ3n) is 2.95. The van der Waals surface area contributed by atoms with Crippen molar-refractivity contribution in [1.82, 2.24) is 5.32 Å². The van der Waals surface area contributed by atoms with E-state index in [1.165, 1.54) is 7.11 Å². The van der Waals surface area contributed by atoms with E-state index in [-0.39, 0.29) is 5.97 Å². The molecule has 0 radical (unpaired) electrons. The first kappa shape index (κ1) is 16.1. The van der Waals surface area contributed by atoms with E-state index in [0.29, 0.717) is 5.75 Å². The molecule has 1 unspecified atom stereocenters. The van der Waals surface area contributed by atoms with Crippen LogP contribution in [0.1, 0.15) is 25.8 Å². The highest BCUT2D eigenvalue weighted by atomic mass is 32.2. The van der Waals surface area contributed by atoms with Crippen molar-refractivity contribution in [3.05, 3.63) is 35.9 Å². The standard InChI is InChI=1S/C15H23NO2S/c1-4-11-19-12-15(16-5-2,14(17)18-3)13-9-7-6-8-10-13/h6-10,16H,4-5,11-12H2,1-3H3. The molecule has 0 aromatic heterocycles. The van der Waals surface area contributed by atoms with Crippen molar-refractivity contribution in [3.8, 4) is 0 Å². The normalized spacial score (nSPS) is 13.8. The maximum atomic E-state index is 12.3. The minimum absolute atomic E-state index is 0.218. The molecule has 1 aromatic carbocycles. The molecule has 1 aromatic rings. The number of methoxy groups -OCH3 is 1. The maximum Gasteiger partial charge on any atom is 0.331 e. The molecule has 1 N–H and O–H groups in total. The van der Waals surface area contributed by atoms with Crippen molar-refractivity contribution in [1.29, 1.82) is 0 Å². The summed E-state index contributed by atoms with van der Waals surface area (Å²) in [6, 6.07) is 9.82. The number of hydrogen-bond donors (Lipinski definition) is 1. The van der Waals surface area contributed by atoms with Crippen molar-refractivity contribution >= 4 is 17.7 Å². The van der Waals surface area contributed by atoms with Gasteiger partial charge in [-0.3, -0.25) is 5.32 Å². The van der Waals surface area contributed by atoms with Crippen molar-refractivity contribution in [2.45, 2.75) is 25.8 Å². The first-order valence-corrected chi connectivity index (χ1v) is 7.83. The summed E-state index contributed by atoms with van der Waals surface area (Å²) >= 11 is 1.78. The van der Waals surface area contributed by atoms with E-state index in [9.17, 15) is 4.79 Å². The van der Waals surface area contributed by atoms with Gasteiger partial charge in [0.05, 0.1) is 7.11 Å². The molecule has 0 amide bonds. The number of likely N-dealkylation sites (N-methyl/N-ethyl adjacent to an activating group) is 1. The first-order chi connectivity index (χ1) is 9.21. The van der Waals surface area contributed by atoms with Gasteiger partial charge in [0.15, 0.2) is 5.54 Å². The van der Waals surface area contributed by atoms with E-state index in [4.69, 9.17) is 4.74 Å². The molecule has 0 bridgehead atoms. The number of thioether (sulfide) groups is 1. The number of carbonyl (C=O) groups is 1. The molecular formula is C15H23NO2S. The van der Waals surface area contributed by atoms with Gasteiger partial charge in [-0.25, -0.2) is 4.79 Å². The molecule has 0 fully saturated rings. The second-order valence-corrected chi connectivity index (χ2v) is 5.45. The number of rotatable bonds is 8. The lowest BCUT2D eigenvalue weighted by Gasteiger charge is -2.32. The van der Waals surface area contributed by atoms with E-state index < -0.39 is 5.54 Å². The van der Waals surface area contributed by atoms with E-state index in [0.717, 1.165) is 24.3 Å². The lowest BCUT2D eigenvalue weighted by molar-refractivity contribution is -0.148. The average molecular weight is 281 g/mol. The molecular weight excluding hydrogens is 258 g/mol. The molecule has 0 heterocycles. The largest absolute Gasteiger partial charge is 0.467 e. The van der Waals surface area contributed by atoms with Gasteiger partial charge in [0.1, 0.15) is 0 Å². The Kier molecular flexibility index (Phi) is 6.95. The van der Waals surface area contributed by atoms with Gasteiger partial charge < -0.3 is 4.74 Å². The highest BCUT2D eigenvalue weighted by molar-refractivity contribution is 7.99. The number of ether oxygens (including phenoxy) is 1. The minimum atomic E-state index is -0.745. The number of esters is 1. The Morgan fingerprint density at radius 1 is 1.32 bits per heavy atom. The average Bonchev–Trinajstić information content (AvgIpc) is 2.46. The first-order valence-electron chi connectivity index (χ1n) is 6.68. The van der Waals surface area contributed by atoms with Crippen LogP contribution >= 0.6 is 11.8 Å². The predicted molar refractivity (Wildman–Crippen MR) is 81.4 cm³/mol. The summed E-state index contributed by atoms with van der Waals surface area (Å²) in [5.41, 5.74) is 0.220. The fraction of sp³-hybridized carbons (Fsp3) is 0.533. The Hall–Kier alpha value is -1.00. The van der Waals surface area contributed by atoms with Crippen molar-refractivity contribution in [2.24, 2.45) is 0 Å². The van der Waals surface area contributed by atoms with E-state index in [1.54, 1.807) is 11.8 Å². The Balaban J connectivity index is 3.07. The zero-order valence-electron chi connectivity index (χ0n) is 11.9. The van der Waals surface area contributed by atoms with Crippen molar-refractivity contribution in [3.63, 3.8) is 0 Å². The molecule has 0 spiro atoms. The highest BCUT2D eigenvalue weighted by Gasteiger charge is 2.40. The number of nitrogens with one attached hydrogen (secondary N) is 1. The zero-order chi connectivity index (χ0) is 14.1. The molecule has 1 atom stereocenters. The summed E-state index contributed by atoms with van der Waals surface area (Å²) in [6.07, 6.45) is 1.10. The maximum absolute atomic E-state index is 12.3. The second kappa shape index (κ2) is 8.23. The molecule has 4 heteroatoms. The van der Waals surface area contributed by atoms with Crippen LogP contribution in [0.4, 0.5) is 0 Å². The summed E-state index contributed by atoms with van der Waals surface area (Å²) in [5, 5.41) is 3.33. The number of carbonyl (C=O) groups excluding carboxylic acids is 1. The van der Waals surface area contributed by atoms with Crippen LogP contribution in [0.5, 0.6) is 0 Å². The van der Waals surface area contributed by atoms with Gasteiger partial charge in [-0.15, -0.1) is 0 Å². The fourth-order valence-electron chi connectivity index (χ4n) is 2.05. The lowest BCUT2D eigenvalue weighted by Crippen LogP contribution is -2.52. The third kappa shape index (κ3) is 3.98. The van der Waals surface area contributed by atoms with Crippen LogP contribution in [-0.2, 0) is 15.1 Å². The summed E-state index contributed by atoms with van der Waals surface area (Å²) in [7, 11) is 1.45. The van der Waals surface area contributed by atoms with E-state index in [2.05, 4.69) is 12.2 Å². The van der Waals surface area contributed by atoms with Gasteiger partial charge in [0.25, 0.3) is 0 Å². The van der Waals surface area contributed by atoms with Gasteiger partial charge >= 0.3 is 5.97 Å². The zero-order valence-corrected chi connectivity index (χ0v) is 12.8. The van der Waals surface area contributed by atoms with Crippen LogP contribution in [0, 0.1) is 0 Å². The van der Waals surface area contributed by atoms with Crippen molar-refractivity contribution < 1.29 is 9.53 Å². The van der Waals surface area contributed by atoms with Gasteiger partial charge in [-0.2, -0.15) is 11.8 Å². The summed E-state index contributed by atoms with van der Waals surface area (Å²) < 4.78 is 5.04. The van der Waals surface area contributed by atoms with Crippen LogP contribution in [0.15, 0.2) is 30.3 Å². The molecule has 0 aliphatic heterocycles. The van der Waals surface area contributed by atoms with Crippen LogP contribution in [0.25, 0.3) is 0 Å². The molecule has 0 aliphatic carbocycles. The van der Waals surface area contributed by atoms with Crippen LogP contribution in [0.3, 0.4) is 0 Å². The van der Waals surface area contributed by atoms with Gasteiger partial charge in [-0.1, -0.05) is 44.2 Å². The Labute approximate surface area is 120 Å². The van der Waals surface area contributed by atoms with Gasteiger partial charge in [0, 0.05) is 5.75 Å². The monoisotopic (exact) mass is 281 g/mol. The molecule has 0 aliphatic rings. The topological polar surface area (TPSA) is 38.3 Å². The van der Waals surface area contributed by atoms with E-state index >= 15 is 0 Å². The Morgan fingerprint density at radius 3 is 2.53 bits per heavy atom. The third-order valence-corrected chi connectivity index (χ3v) is 4.28. The van der Waals surface area contributed by atoms with Gasteiger partial charge in [0.2, 0.25) is 0 Å². The number of benzene rings is 1. The Bertz CT molecular complexity index is 383. The minimum Gasteiger partial charge on any atom is -0.467 e. The van der Waals surface area contributed by atoms with E-state index in [1.807, 2.05) is 37.3 Å². The summed E-state index contributed by atoms with van der Waals surface area (Å²) in [6.45, 7) is 4.87. The molecule has 19 heavy (non-hydrogen) atoms. The van der Waals surface area contributed by atoms with Crippen LogP contribution in [0.2, 0.25) is 0 Å². The predicted octanol–water partition coefficient (Wildman–Crippen LogP) is 2.81. The smallest absolute Gasteiger partial charge is 0.331 e. The fourth-order valence-corrected chi connectivity index (χ4v) is 3.18. The molecule has 1 rings (SSSR count). The summed E-state index contributed by atoms with van der Waals surface area (Å²) in [4.78, 5) is 12.3. The van der Waals surface area contributed by atoms with Crippen LogP contribution < -0.4 is 5.32 Å². The highest BCUT2D eigenvalue weighted by Crippen LogP contribution is 2.27. The number of hydrogen-bond acceptors (Lipinski definition) is 4. The Morgan fingerprint density at radius 2 is 2.00 bits per heavy atom. The van der Waals surface area contributed by atoms with Crippen LogP contribution in [-0.4, -0.2) is 31.1 Å². The molecule has 106 valence electrons.